The molecule has 8 nitrogen and oxygen atoms in total. The maximum absolute atomic E-state index is 12.4. The normalized spacial score (nSPS) is 19.5. The van der Waals surface area contributed by atoms with E-state index in [1.807, 2.05) is 18.5 Å². The first-order chi connectivity index (χ1) is 11.8. The Labute approximate surface area is 148 Å². The van der Waals surface area contributed by atoms with Gasteiger partial charge in [-0.2, -0.15) is 17.0 Å². The molecule has 136 valence electrons. The Morgan fingerprint density at radius 1 is 1.24 bits per heavy atom. The highest BCUT2D eigenvalue weighted by atomic mass is 32.2. The summed E-state index contributed by atoms with van der Waals surface area (Å²) in [6, 6.07) is 0. The van der Waals surface area contributed by atoms with Gasteiger partial charge in [0, 0.05) is 46.3 Å². The molecule has 25 heavy (non-hydrogen) atoms. The van der Waals surface area contributed by atoms with E-state index in [0.717, 1.165) is 35.7 Å². The fraction of sp³-hybridized carbons (Fsp3) is 0.562. The van der Waals surface area contributed by atoms with E-state index in [2.05, 4.69) is 9.97 Å². The molecule has 3 rings (SSSR count). The first-order valence-electron chi connectivity index (χ1n) is 8.29. The molecule has 0 bridgehead atoms. The van der Waals surface area contributed by atoms with Gasteiger partial charge in [0.05, 0.1) is 23.8 Å². The van der Waals surface area contributed by atoms with Crippen LogP contribution in [0.3, 0.4) is 0 Å². The van der Waals surface area contributed by atoms with Crippen molar-refractivity contribution < 1.29 is 8.42 Å². The van der Waals surface area contributed by atoms with E-state index >= 15 is 0 Å². The average molecular weight is 364 g/mol. The van der Waals surface area contributed by atoms with Crippen molar-refractivity contribution in [1.82, 2.24) is 28.1 Å². The summed E-state index contributed by atoms with van der Waals surface area (Å²) in [4.78, 5) is 13.4. The molecule has 0 radical (unpaired) electrons. The maximum atomic E-state index is 12.4. The lowest BCUT2D eigenvalue weighted by molar-refractivity contribution is 0.296. The van der Waals surface area contributed by atoms with Gasteiger partial charge >= 0.3 is 0 Å². The zero-order chi connectivity index (χ0) is 18.2. The quantitative estimate of drug-likeness (QED) is 0.813. The maximum Gasteiger partial charge on any atom is 0.281 e. The van der Waals surface area contributed by atoms with Crippen LogP contribution < -0.4 is 0 Å². The molecule has 1 atom stereocenters. The van der Waals surface area contributed by atoms with E-state index < -0.39 is 10.2 Å². The Hall–Kier alpha value is -1.84. The molecule has 0 spiro atoms. The van der Waals surface area contributed by atoms with Crippen LogP contribution in [0.4, 0.5) is 0 Å². The van der Waals surface area contributed by atoms with Crippen molar-refractivity contribution in [3.63, 3.8) is 0 Å². The molecule has 0 aromatic carbocycles. The smallest absolute Gasteiger partial charge is 0.281 e. The van der Waals surface area contributed by atoms with E-state index in [9.17, 15) is 8.42 Å². The number of imidazole rings is 1. The molecule has 0 N–H and O–H groups in total. The average Bonchev–Trinajstić information content (AvgIpc) is 2.94. The molecule has 0 unspecified atom stereocenters. The van der Waals surface area contributed by atoms with Crippen molar-refractivity contribution in [2.24, 2.45) is 7.05 Å². The van der Waals surface area contributed by atoms with Gasteiger partial charge in [-0.05, 0) is 19.8 Å². The fourth-order valence-corrected chi connectivity index (χ4v) is 4.26. The van der Waals surface area contributed by atoms with Gasteiger partial charge in [-0.15, -0.1) is 0 Å². The van der Waals surface area contributed by atoms with Crippen LogP contribution >= 0.6 is 0 Å². The van der Waals surface area contributed by atoms with Gasteiger partial charge in [0.15, 0.2) is 0 Å². The zero-order valence-corrected chi connectivity index (χ0v) is 15.9. The van der Waals surface area contributed by atoms with Crippen LogP contribution in [0.15, 0.2) is 18.6 Å². The number of aromatic nitrogens is 4. The Morgan fingerprint density at radius 3 is 2.64 bits per heavy atom. The second kappa shape index (κ2) is 6.81. The van der Waals surface area contributed by atoms with Crippen molar-refractivity contribution in [2.75, 3.05) is 27.2 Å². The highest BCUT2D eigenvalue weighted by Gasteiger charge is 2.31. The predicted molar refractivity (Wildman–Crippen MR) is 95.1 cm³/mol. The summed E-state index contributed by atoms with van der Waals surface area (Å²) < 4.78 is 29.6. The van der Waals surface area contributed by atoms with Gasteiger partial charge in [0.25, 0.3) is 10.2 Å². The first-order valence-corrected chi connectivity index (χ1v) is 9.68. The van der Waals surface area contributed by atoms with Crippen LogP contribution in [0.5, 0.6) is 0 Å². The lowest BCUT2D eigenvalue weighted by atomic mass is 9.96. The van der Waals surface area contributed by atoms with Gasteiger partial charge in [-0.25, -0.2) is 9.97 Å². The summed E-state index contributed by atoms with van der Waals surface area (Å²) in [5, 5.41) is 0. The third-order valence-electron chi connectivity index (χ3n) is 4.73. The summed E-state index contributed by atoms with van der Waals surface area (Å²) in [6.45, 7) is 2.92. The monoisotopic (exact) mass is 364 g/mol. The van der Waals surface area contributed by atoms with Crippen LogP contribution in [-0.2, 0) is 17.3 Å². The van der Waals surface area contributed by atoms with Crippen molar-refractivity contribution >= 4 is 10.2 Å². The Bertz CT molecular complexity index is 861. The molecule has 0 saturated carbocycles. The van der Waals surface area contributed by atoms with Crippen LogP contribution in [-0.4, -0.2) is 63.7 Å². The van der Waals surface area contributed by atoms with Gasteiger partial charge in [0.2, 0.25) is 0 Å². The molecule has 1 saturated heterocycles. The fourth-order valence-electron chi connectivity index (χ4n) is 3.07. The second-order valence-corrected chi connectivity index (χ2v) is 8.71. The summed E-state index contributed by atoms with van der Waals surface area (Å²) in [7, 11) is 1.66. The summed E-state index contributed by atoms with van der Waals surface area (Å²) in [5.41, 5.74) is 2.49. The molecule has 3 heterocycles. The third kappa shape index (κ3) is 3.44. The number of aryl methyl sites for hydroxylation is 1. The van der Waals surface area contributed by atoms with E-state index in [4.69, 9.17) is 4.98 Å². The van der Waals surface area contributed by atoms with Crippen molar-refractivity contribution in [3.8, 4) is 11.4 Å². The predicted octanol–water partition coefficient (Wildman–Crippen LogP) is 1.17. The molecular weight excluding hydrogens is 340 g/mol. The highest BCUT2D eigenvalue weighted by molar-refractivity contribution is 7.86. The van der Waals surface area contributed by atoms with Gasteiger partial charge in [-0.1, -0.05) is 0 Å². The van der Waals surface area contributed by atoms with E-state index in [1.165, 1.54) is 8.61 Å². The Kier molecular flexibility index (Phi) is 4.90. The second-order valence-electron chi connectivity index (χ2n) is 6.57. The molecule has 0 aliphatic carbocycles. The minimum atomic E-state index is -3.40. The van der Waals surface area contributed by atoms with E-state index in [-0.39, 0.29) is 5.92 Å². The van der Waals surface area contributed by atoms with Crippen molar-refractivity contribution in [2.45, 2.75) is 25.7 Å². The third-order valence-corrected chi connectivity index (χ3v) is 6.63. The van der Waals surface area contributed by atoms with Gasteiger partial charge < -0.3 is 4.57 Å². The van der Waals surface area contributed by atoms with E-state index in [1.54, 1.807) is 32.7 Å². The SMILES string of the molecule is Cc1ncc(-c2cncc([C@H]3CCCN(S(=O)(=O)N(C)C)C3)n2)n1C. The van der Waals surface area contributed by atoms with Crippen LogP contribution in [0.25, 0.3) is 11.4 Å². The topological polar surface area (TPSA) is 84.2 Å². The number of nitrogens with zero attached hydrogens (tertiary/aromatic N) is 6. The molecular formula is C16H24N6O2S. The zero-order valence-electron chi connectivity index (χ0n) is 15.0. The molecule has 2 aromatic heterocycles. The van der Waals surface area contributed by atoms with Crippen LogP contribution in [0, 0.1) is 6.92 Å². The lowest BCUT2D eigenvalue weighted by Gasteiger charge is -2.33. The van der Waals surface area contributed by atoms with Crippen LogP contribution in [0.2, 0.25) is 0 Å². The van der Waals surface area contributed by atoms with Crippen LogP contribution in [0.1, 0.15) is 30.3 Å². The summed E-state index contributed by atoms with van der Waals surface area (Å²) in [5.74, 6) is 0.952. The molecule has 9 heteroatoms. The summed E-state index contributed by atoms with van der Waals surface area (Å²) in [6.07, 6.45) is 6.96. The number of piperidine rings is 1. The number of hydrogen-bond acceptors (Lipinski definition) is 5. The minimum absolute atomic E-state index is 0.0465. The summed E-state index contributed by atoms with van der Waals surface area (Å²) >= 11 is 0. The lowest BCUT2D eigenvalue weighted by Crippen LogP contribution is -2.45. The molecule has 1 aliphatic heterocycles. The number of rotatable bonds is 4. The van der Waals surface area contributed by atoms with Gasteiger partial charge in [-0.3, -0.25) is 4.98 Å². The van der Waals surface area contributed by atoms with E-state index in [0.29, 0.717) is 13.1 Å². The highest BCUT2D eigenvalue weighted by Crippen LogP contribution is 2.28. The first kappa shape index (κ1) is 18.0. The molecule has 2 aromatic rings. The Balaban J connectivity index is 1.87. The molecule has 1 fully saturated rings. The van der Waals surface area contributed by atoms with Crippen molar-refractivity contribution in [3.05, 3.63) is 30.1 Å². The van der Waals surface area contributed by atoms with Crippen molar-refractivity contribution in [1.29, 1.82) is 0 Å². The standard InChI is InChI=1S/C16H24N6O2S/c1-12-18-10-16(21(12)4)15-9-17-8-14(19-15)13-6-5-7-22(11-13)25(23,24)20(2)3/h8-10,13H,5-7,11H2,1-4H3/t13-/m0/s1. The Morgan fingerprint density at radius 2 is 2.00 bits per heavy atom. The molecule has 1 aliphatic rings. The largest absolute Gasteiger partial charge is 0.330 e. The number of hydrogen-bond donors (Lipinski definition) is 0. The minimum Gasteiger partial charge on any atom is -0.330 e. The molecule has 0 amide bonds. The van der Waals surface area contributed by atoms with Gasteiger partial charge in [0.1, 0.15) is 11.5 Å².